The molecule has 0 radical (unpaired) electrons. The molecular weight excluding hydrogens is 334 g/mol. The van der Waals surface area contributed by atoms with Crippen LogP contribution in [0.3, 0.4) is 0 Å². The van der Waals surface area contributed by atoms with Crippen LogP contribution in [-0.4, -0.2) is 37.1 Å². The van der Waals surface area contributed by atoms with E-state index in [2.05, 4.69) is 42.3 Å². The summed E-state index contributed by atoms with van der Waals surface area (Å²) in [4.78, 5) is 16.7. The van der Waals surface area contributed by atoms with Gasteiger partial charge in [0.2, 0.25) is 0 Å². The summed E-state index contributed by atoms with van der Waals surface area (Å²) in [5, 5.41) is 3.46. The van der Waals surface area contributed by atoms with E-state index in [1.54, 1.807) is 6.07 Å². The van der Waals surface area contributed by atoms with E-state index < -0.39 is 0 Å². The van der Waals surface area contributed by atoms with Gasteiger partial charge in [-0.1, -0.05) is 48.9 Å². The zero-order chi connectivity index (χ0) is 17.8. The summed E-state index contributed by atoms with van der Waals surface area (Å²) >= 11 is 6.12. The molecule has 0 saturated carbocycles. The molecule has 0 spiro atoms. The largest absolute Gasteiger partial charge is 0.368 e. The zero-order valence-electron chi connectivity index (χ0n) is 14.8. The maximum absolute atomic E-state index is 12.5. The molecule has 0 aromatic heterocycles. The fourth-order valence-corrected chi connectivity index (χ4v) is 3.53. The molecule has 0 atom stereocenters. The Kier molecular flexibility index (Phi) is 5.49. The Morgan fingerprint density at radius 1 is 1.08 bits per heavy atom. The molecule has 132 valence electrons. The van der Waals surface area contributed by atoms with Crippen molar-refractivity contribution in [3.05, 3.63) is 58.6 Å². The predicted molar refractivity (Wildman–Crippen MR) is 105 cm³/mol. The molecule has 1 N–H and O–H groups in total. The quantitative estimate of drug-likeness (QED) is 0.873. The van der Waals surface area contributed by atoms with Crippen molar-refractivity contribution in [1.82, 2.24) is 4.90 Å². The molecule has 2 aromatic carbocycles. The summed E-state index contributed by atoms with van der Waals surface area (Å²) in [5.74, 6) is 0. The first-order valence-corrected chi connectivity index (χ1v) is 9.12. The Labute approximate surface area is 154 Å². The molecule has 3 rings (SSSR count). The normalized spacial score (nSPS) is 14.5. The SMILES string of the molecule is CCc1cccc(C)c1N1CCN(C(=O)Nc2ccccc2Cl)CC1. The highest BCUT2D eigenvalue weighted by Crippen LogP contribution is 2.27. The first-order chi connectivity index (χ1) is 12.1. The number of nitrogens with one attached hydrogen (secondary N) is 1. The minimum atomic E-state index is -0.0896. The lowest BCUT2D eigenvalue weighted by Crippen LogP contribution is -2.50. The van der Waals surface area contributed by atoms with Crippen molar-refractivity contribution < 1.29 is 4.79 Å². The Hall–Kier alpha value is -2.20. The third-order valence-corrected chi connectivity index (χ3v) is 5.03. The Morgan fingerprint density at radius 2 is 1.80 bits per heavy atom. The lowest BCUT2D eigenvalue weighted by atomic mass is 10.0. The number of hydrogen-bond acceptors (Lipinski definition) is 2. The molecule has 1 saturated heterocycles. The van der Waals surface area contributed by atoms with Crippen LogP contribution in [0.1, 0.15) is 18.1 Å². The number of para-hydroxylation sites is 2. The van der Waals surface area contributed by atoms with Gasteiger partial charge in [0.05, 0.1) is 10.7 Å². The maximum Gasteiger partial charge on any atom is 0.322 e. The van der Waals surface area contributed by atoms with E-state index in [0.29, 0.717) is 23.8 Å². The summed E-state index contributed by atoms with van der Waals surface area (Å²) in [7, 11) is 0. The van der Waals surface area contributed by atoms with Gasteiger partial charge < -0.3 is 15.1 Å². The molecule has 2 aromatic rings. The van der Waals surface area contributed by atoms with Crippen LogP contribution in [0.15, 0.2) is 42.5 Å². The van der Waals surface area contributed by atoms with Crippen LogP contribution in [0.2, 0.25) is 5.02 Å². The van der Waals surface area contributed by atoms with Gasteiger partial charge in [-0.3, -0.25) is 0 Å². The van der Waals surface area contributed by atoms with Crippen LogP contribution < -0.4 is 10.2 Å². The van der Waals surface area contributed by atoms with Crippen molar-refractivity contribution in [1.29, 1.82) is 0 Å². The number of carbonyl (C=O) groups is 1. The number of halogens is 1. The van der Waals surface area contributed by atoms with Crippen molar-refractivity contribution in [2.75, 3.05) is 36.4 Å². The van der Waals surface area contributed by atoms with E-state index in [1.807, 2.05) is 23.1 Å². The third-order valence-electron chi connectivity index (χ3n) is 4.70. The van der Waals surface area contributed by atoms with Gasteiger partial charge >= 0.3 is 6.03 Å². The smallest absolute Gasteiger partial charge is 0.322 e. The minimum absolute atomic E-state index is 0.0896. The summed E-state index contributed by atoms with van der Waals surface area (Å²) in [6.07, 6.45) is 1.02. The molecule has 5 heteroatoms. The molecule has 2 amide bonds. The summed E-state index contributed by atoms with van der Waals surface area (Å²) < 4.78 is 0. The number of benzene rings is 2. The predicted octanol–water partition coefficient (Wildman–Crippen LogP) is 4.56. The molecule has 1 aliphatic heterocycles. The van der Waals surface area contributed by atoms with Crippen LogP contribution in [0.5, 0.6) is 0 Å². The number of anilines is 2. The number of amides is 2. The number of urea groups is 1. The fourth-order valence-electron chi connectivity index (χ4n) is 3.35. The lowest BCUT2D eigenvalue weighted by molar-refractivity contribution is 0.208. The third kappa shape index (κ3) is 3.90. The van der Waals surface area contributed by atoms with Crippen molar-refractivity contribution in [2.24, 2.45) is 0 Å². The van der Waals surface area contributed by atoms with Crippen molar-refractivity contribution in [3.8, 4) is 0 Å². The number of piperazine rings is 1. The standard InChI is InChI=1S/C20H24ClN3O/c1-3-16-8-6-7-15(2)19(16)23-11-13-24(14-12-23)20(25)22-18-10-5-4-9-17(18)21/h4-10H,3,11-14H2,1-2H3,(H,22,25). The van der Waals surface area contributed by atoms with Gasteiger partial charge in [-0.15, -0.1) is 0 Å². The number of aryl methyl sites for hydroxylation is 2. The van der Waals surface area contributed by atoms with Crippen LogP contribution in [0, 0.1) is 6.92 Å². The minimum Gasteiger partial charge on any atom is -0.368 e. The van der Waals surface area contributed by atoms with E-state index in [-0.39, 0.29) is 6.03 Å². The van der Waals surface area contributed by atoms with Gasteiger partial charge in [-0.25, -0.2) is 4.79 Å². The summed E-state index contributed by atoms with van der Waals surface area (Å²) in [6, 6.07) is 13.7. The van der Waals surface area contributed by atoms with Gasteiger partial charge in [0.15, 0.2) is 0 Å². The number of rotatable bonds is 3. The first kappa shape index (κ1) is 17.6. The summed E-state index contributed by atoms with van der Waals surface area (Å²) in [5.41, 5.74) is 4.65. The van der Waals surface area contributed by atoms with E-state index in [0.717, 1.165) is 19.5 Å². The number of carbonyl (C=O) groups excluding carboxylic acids is 1. The monoisotopic (exact) mass is 357 g/mol. The maximum atomic E-state index is 12.5. The first-order valence-electron chi connectivity index (χ1n) is 8.74. The van der Waals surface area contributed by atoms with Crippen LogP contribution in [0.4, 0.5) is 16.2 Å². The number of nitrogens with zero attached hydrogens (tertiary/aromatic N) is 2. The van der Waals surface area contributed by atoms with E-state index in [4.69, 9.17) is 11.6 Å². The zero-order valence-corrected chi connectivity index (χ0v) is 15.5. The highest BCUT2D eigenvalue weighted by atomic mass is 35.5. The second-order valence-corrected chi connectivity index (χ2v) is 6.73. The Bertz CT molecular complexity index is 754. The Morgan fingerprint density at radius 3 is 2.48 bits per heavy atom. The van der Waals surface area contributed by atoms with Crippen LogP contribution in [-0.2, 0) is 6.42 Å². The topological polar surface area (TPSA) is 35.6 Å². The van der Waals surface area contributed by atoms with Crippen molar-refractivity contribution >= 4 is 29.0 Å². The summed E-state index contributed by atoms with van der Waals surface area (Å²) in [6.45, 7) is 7.43. The second kappa shape index (κ2) is 7.79. The molecule has 0 aliphatic carbocycles. The van der Waals surface area contributed by atoms with Gasteiger partial charge in [-0.05, 0) is 36.6 Å². The second-order valence-electron chi connectivity index (χ2n) is 6.32. The van der Waals surface area contributed by atoms with Gasteiger partial charge in [0, 0.05) is 31.9 Å². The lowest BCUT2D eigenvalue weighted by Gasteiger charge is -2.37. The molecule has 0 bridgehead atoms. The van der Waals surface area contributed by atoms with Gasteiger partial charge in [0.25, 0.3) is 0 Å². The van der Waals surface area contributed by atoms with Gasteiger partial charge in [-0.2, -0.15) is 0 Å². The molecule has 1 heterocycles. The van der Waals surface area contributed by atoms with E-state index in [1.165, 1.54) is 16.8 Å². The fraction of sp³-hybridized carbons (Fsp3) is 0.350. The molecular formula is C20H24ClN3O. The molecule has 4 nitrogen and oxygen atoms in total. The van der Waals surface area contributed by atoms with E-state index >= 15 is 0 Å². The average molecular weight is 358 g/mol. The van der Waals surface area contributed by atoms with E-state index in [9.17, 15) is 4.79 Å². The Balaban J connectivity index is 1.64. The molecule has 1 fully saturated rings. The molecule has 0 unspecified atom stereocenters. The molecule has 25 heavy (non-hydrogen) atoms. The number of hydrogen-bond donors (Lipinski definition) is 1. The van der Waals surface area contributed by atoms with Crippen LogP contribution in [0.25, 0.3) is 0 Å². The van der Waals surface area contributed by atoms with Crippen LogP contribution >= 0.6 is 11.6 Å². The van der Waals surface area contributed by atoms with Crippen molar-refractivity contribution in [2.45, 2.75) is 20.3 Å². The average Bonchev–Trinajstić information content (AvgIpc) is 2.63. The highest BCUT2D eigenvalue weighted by Gasteiger charge is 2.23. The van der Waals surface area contributed by atoms with Crippen molar-refractivity contribution in [3.63, 3.8) is 0 Å². The van der Waals surface area contributed by atoms with Gasteiger partial charge in [0.1, 0.15) is 0 Å². The molecule has 1 aliphatic rings. The highest BCUT2D eigenvalue weighted by molar-refractivity contribution is 6.33.